The van der Waals surface area contributed by atoms with Crippen LogP contribution in [0.1, 0.15) is 17.0 Å². The Morgan fingerprint density at radius 2 is 2.23 bits per heavy atom. The Hall–Kier alpha value is -1.35. The van der Waals surface area contributed by atoms with E-state index in [1.807, 2.05) is 6.07 Å². The molecule has 0 aromatic carbocycles. The highest BCUT2D eigenvalue weighted by Crippen LogP contribution is 2.26. The first-order valence-electron chi connectivity index (χ1n) is 3.69. The van der Waals surface area contributed by atoms with Crippen LogP contribution >= 0.6 is 0 Å². The zero-order valence-electron chi connectivity index (χ0n) is 6.98. The van der Waals surface area contributed by atoms with Crippen LogP contribution in [0.15, 0.2) is 0 Å². The fourth-order valence-corrected chi connectivity index (χ4v) is 3.00. The molecule has 0 saturated carbocycles. The number of hydrogen-bond donors (Lipinski definition) is 0. The summed E-state index contributed by atoms with van der Waals surface area (Å²) in [5.41, 5.74) is 1.46. The smallest absolute Gasteiger partial charge is 0.160 e. The Labute approximate surface area is 75.5 Å². The standard InChI is InChI=1S/C7H7N3O2S/c1-10-7(2-8)5-3-13(11,12)4-6(5)9-10/h3-4H2,1H3. The molecule has 68 valence electrons. The molecule has 1 aliphatic rings. The van der Waals surface area contributed by atoms with Crippen LogP contribution in [0.3, 0.4) is 0 Å². The summed E-state index contributed by atoms with van der Waals surface area (Å²) >= 11 is 0. The Morgan fingerprint density at radius 3 is 2.85 bits per heavy atom. The topological polar surface area (TPSA) is 75.8 Å². The summed E-state index contributed by atoms with van der Waals surface area (Å²) in [6, 6.07) is 1.95. The molecule has 1 aromatic heterocycles. The van der Waals surface area contributed by atoms with Gasteiger partial charge in [-0.25, -0.2) is 8.42 Å². The molecule has 0 atom stereocenters. The molecule has 0 aliphatic carbocycles. The highest BCUT2D eigenvalue weighted by molar-refractivity contribution is 7.90. The maximum Gasteiger partial charge on any atom is 0.160 e. The van der Waals surface area contributed by atoms with Gasteiger partial charge in [0, 0.05) is 12.6 Å². The first-order valence-corrected chi connectivity index (χ1v) is 5.51. The lowest BCUT2D eigenvalue weighted by Crippen LogP contribution is -2.03. The molecular formula is C7H7N3O2S. The van der Waals surface area contributed by atoms with Crippen molar-refractivity contribution in [3.05, 3.63) is 17.0 Å². The van der Waals surface area contributed by atoms with Gasteiger partial charge in [0.05, 0.1) is 17.2 Å². The number of aromatic nitrogens is 2. The molecule has 5 nitrogen and oxygen atoms in total. The third-order valence-corrected chi connectivity index (χ3v) is 3.50. The van der Waals surface area contributed by atoms with Crippen molar-refractivity contribution in [2.24, 2.45) is 7.05 Å². The normalized spacial score (nSPS) is 18.2. The van der Waals surface area contributed by atoms with E-state index in [0.717, 1.165) is 0 Å². The molecule has 0 fully saturated rings. The first kappa shape index (κ1) is 8.26. The van der Waals surface area contributed by atoms with Crippen LogP contribution < -0.4 is 0 Å². The van der Waals surface area contributed by atoms with E-state index in [-0.39, 0.29) is 11.5 Å². The average Bonchev–Trinajstić information content (AvgIpc) is 2.39. The minimum atomic E-state index is -3.04. The molecule has 2 rings (SSSR count). The summed E-state index contributed by atoms with van der Waals surface area (Å²) in [4.78, 5) is 0. The molecule has 0 N–H and O–H groups in total. The maximum atomic E-state index is 11.2. The monoisotopic (exact) mass is 197 g/mol. The van der Waals surface area contributed by atoms with Crippen molar-refractivity contribution in [3.63, 3.8) is 0 Å². The Bertz CT molecular complexity index is 507. The van der Waals surface area contributed by atoms with Gasteiger partial charge >= 0.3 is 0 Å². The number of nitriles is 1. The van der Waals surface area contributed by atoms with Crippen LogP contribution in [-0.4, -0.2) is 18.2 Å². The molecule has 2 heterocycles. The second kappa shape index (κ2) is 2.33. The first-order chi connectivity index (χ1) is 6.03. The van der Waals surface area contributed by atoms with Crippen LogP contribution in [-0.2, 0) is 28.4 Å². The third-order valence-electron chi connectivity index (χ3n) is 2.06. The molecular weight excluding hydrogens is 190 g/mol. The second-order valence-electron chi connectivity index (χ2n) is 3.04. The largest absolute Gasteiger partial charge is 0.257 e. The predicted octanol–water partition coefficient (Wildman–Crippen LogP) is -0.280. The molecule has 0 spiro atoms. The summed E-state index contributed by atoms with van der Waals surface area (Å²) in [7, 11) is -1.40. The van der Waals surface area contributed by atoms with Crippen LogP contribution in [0.25, 0.3) is 0 Å². The van der Waals surface area contributed by atoms with Gasteiger partial charge in [-0.05, 0) is 0 Å². The van der Waals surface area contributed by atoms with Gasteiger partial charge in [-0.3, -0.25) is 4.68 Å². The third kappa shape index (κ3) is 1.12. The van der Waals surface area contributed by atoms with Crippen molar-refractivity contribution >= 4 is 9.84 Å². The second-order valence-corrected chi connectivity index (χ2v) is 5.11. The van der Waals surface area contributed by atoms with E-state index in [1.165, 1.54) is 4.68 Å². The maximum absolute atomic E-state index is 11.2. The van der Waals surface area contributed by atoms with Crippen molar-refractivity contribution in [2.45, 2.75) is 11.5 Å². The van der Waals surface area contributed by atoms with Crippen LogP contribution in [0.4, 0.5) is 0 Å². The van der Waals surface area contributed by atoms with Gasteiger partial charge in [-0.1, -0.05) is 0 Å². The molecule has 6 heteroatoms. The Balaban J connectivity index is 2.64. The fraction of sp³-hybridized carbons (Fsp3) is 0.429. The predicted molar refractivity (Wildman–Crippen MR) is 44.3 cm³/mol. The zero-order valence-corrected chi connectivity index (χ0v) is 7.80. The van der Waals surface area contributed by atoms with Gasteiger partial charge in [0.1, 0.15) is 11.8 Å². The summed E-state index contributed by atoms with van der Waals surface area (Å²) in [6.07, 6.45) is 0. The number of aryl methyl sites for hydroxylation is 1. The van der Waals surface area contributed by atoms with Crippen molar-refractivity contribution in [3.8, 4) is 6.07 Å². The molecule has 0 bridgehead atoms. The van der Waals surface area contributed by atoms with Gasteiger partial charge in [0.25, 0.3) is 0 Å². The summed E-state index contributed by atoms with van der Waals surface area (Å²) < 4.78 is 23.8. The lowest BCUT2D eigenvalue weighted by molar-refractivity contribution is 0.596. The lowest BCUT2D eigenvalue weighted by Gasteiger charge is -1.93. The highest BCUT2D eigenvalue weighted by Gasteiger charge is 2.31. The van der Waals surface area contributed by atoms with Crippen molar-refractivity contribution in [2.75, 3.05) is 0 Å². The minimum absolute atomic E-state index is 0.0299. The average molecular weight is 197 g/mol. The zero-order chi connectivity index (χ0) is 9.64. The number of sulfone groups is 1. The number of rotatable bonds is 0. The molecule has 1 aromatic rings. The van der Waals surface area contributed by atoms with Gasteiger partial charge in [0.15, 0.2) is 9.84 Å². The number of fused-ring (bicyclic) bond motifs is 1. The van der Waals surface area contributed by atoms with Gasteiger partial charge < -0.3 is 0 Å². The van der Waals surface area contributed by atoms with Gasteiger partial charge in [-0.2, -0.15) is 10.4 Å². The molecule has 0 amide bonds. The van der Waals surface area contributed by atoms with Crippen molar-refractivity contribution in [1.82, 2.24) is 9.78 Å². The van der Waals surface area contributed by atoms with Gasteiger partial charge in [0.2, 0.25) is 0 Å². The van der Waals surface area contributed by atoms with Crippen LogP contribution in [0.2, 0.25) is 0 Å². The summed E-state index contributed by atoms with van der Waals surface area (Å²) in [6.45, 7) is 0. The van der Waals surface area contributed by atoms with Crippen molar-refractivity contribution in [1.29, 1.82) is 5.26 Å². The fourth-order valence-electron chi connectivity index (χ4n) is 1.51. The van der Waals surface area contributed by atoms with Crippen molar-refractivity contribution < 1.29 is 8.42 Å². The van der Waals surface area contributed by atoms with E-state index in [0.29, 0.717) is 17.0 Å². The van der Waals surface area contributed by atoms with E-state index in [9.17, 15) is 8.42 Å². The van der Waals surface area contributed by atoms with E-state index in [1.54, 1.807) is 7.05 Å². The Kier molecular flexibility index (Phi) is 1.48. The quantitative estimate of drug-likeness (QED) is 0.573. The summed E-state index contributed by atoms with van der Waals surface area (Å²) in [5.74, 6) is -0.0725. The number of nitrogens with zero attached hydrogens (tertiary/aromatic N) is 3. The van der Waals surface area contributed by atoms with Crippen LogP contribution in [0.5, 0.6) is 0 Å². The van der Waals surface area contributed by atoms with E-state index in [4.69, 9.17) is 5.26 Å². The minimum Gasteiger partial charge on any atom is -0.257 e. The lowest BCUT2D eigenvalue weighted by atomic mass is 10.2. The summed E-state index contributed by atoms with van der Waals surface area (Å²) in [5, 5.41) is 12.7. The molecule has 13 heavy (non-hydrogen) atoms. The highest BCUT2D eigenvalue weighted by atomic mass is 32.2. The SMILES string of the molecule is Cn1nc2c(c1C#N)CS(=O)(=O)C2. The molecule has 0 radical (unpaired) electrons. The van der Waals surface area contributed by atoms with E-state index >= 15 is 0 Å². The van der Waals surface area contributed by atoms with Crippen LogP contribution in [0, 0.1) is 11.3 Å². The van der Waals surface area contributed by atoms with E-state index < -0.39 is 9.84 Å². The van der Waals surface area contributed by atoms with Gasteiger partial charge in [-0.15, -0.1) is 0 Å². The Morgan fingerprint density at radius 1 is 1.54 bits per heavy atom. The molecule has 1 aliphatic heterocycles. The molecule has 0 saturated heterocycles. The number of hydrogen-bond acceptors (Lipinski definition) is 4. The van der Waals surface area contributed by atoms with E-state index in [2.05, 4.69) is 5.10 Å². The molecule has 0 unspecified atom stereocenters.